The van der Waals surface area contributed by atoms with E-state index in [4.69, 9.17) is 4.74 Å². The van der Waals surface area contributed by atoms with Crippen molar-refractivity contribution >= 4 is 33.4 Å². The summed E-state index contributed by atoms with van der Waals surface area (Å²) in [5.41, 5.74) is 0.902. The van der Waals surface area contributed by atoms with Crippen molar-refractivity contribution in [2.24, 2.45) is 0 Å². The highest BCUT2D eigenvalue weighted by atomic mass is 79.9. The van der Waals surface area contributed by atoms with Gasteiger partial charge in [0.2, 0.25) is 5.95 Å². The molecule has 6 nitrogen and oxygen atoms in total. The number of halogens is 1. The van der Waals surface area contributed by atoms with Gasteiger partial charge in [-0.15, -0.1) is 5.10 Å². The first-order chi connectivity index (χ1) is 9.28. The van der Waals surface area contributed by atoms with Crippen molar-refractivity contribution in [3.63, 3.8) is 0 Å². The maximum Gasteiger partial charge on any atom is 0.249 e. The van der Waals surface area contributed by atoms with Crippen LogP contribution >= 0.6 is 15.9 Å². The Morgan fingerprint density at radius 1 is 1.26 bits per heavy atom. The average Bonchev–Trinajstić information content (AvgIpc) is 2.42. The lowest BCUT2D eigenvalue weighted by Gasteiger charge is -2.07. The third-order valence-corrected chi connectivity index (χ3v) is 2.80. The Balaban J connectivity index is 2.00. The molecule has 2 rings (SSSR count). The van der Waals surface area contributed by atoms with E-state index in [1.54, 1.807) is 13.3 Å². The van der Waals surface area contributed by atoms with Crippen molar-refractivity contribution < 1.29 is 4.74 Å². The summed E-state index contributed by atoms with van der Waals surface area (Å²) in [6, 6.07) is 7.74. The first-order valence-electron chi connectivity index (χ1n) is 5.73. The van der Waals surface area contributed by atoms with Crippen LogP contribution in [-0.4, -0.2) is 35.4 Å². The Hall–Kier alpha value is -1.73. The highest BCUT2D eigenvalue weighted by Gasteiger charge is 2.01. The van der Waals surface area contributed by atoms with Gasteiger partial charge < -0.3 is 15.4 Å². The van der Waals surface area contributed by atoms with Crippen LogP contribution in [0.4, 0.5) is 17.5 Å². The predicted molar refractivity (Wildman–Crippen MR) is 77.6 cm³/mol. The van der Waals surface area contributed by atoms with Crippen molar-refractivity contribution in [2.45, 2.75) is 0 Å². The monoisotopic (exact) mass is 323 g/mol. The number of nitrogens with one attached hydrogen (secondary N) is 2. The van der Waals surface area contributed by atoms with Crippen molar-refractivity contribution in [1.29, 1.82) is 0 Å². The van der Waals surface area contributed by atoms with Gasteiger partial charge in [-0.3, -0.25) is 0 Å². The summed E-state index contributed by atoms with van der Waals surface area (Å²) in [5.74, 6) is 1.11. The molecule has 100 valence electrons. The molecule has 0 radical (unpaired) electrons. The first-order valence-corrected chi connectivity index (χ1v) is 6.52. The molecule has 2 N–H and O–H groups in total. The second kappa shape index (κ2) is 7.01. The molecule has 0 fully saturated rings. The van der Waals surface area contributed by atoms with E-state index >= 15 is 0 Å². The lowest BCUT2D eigenvalue weighted by Crippen LogP contribution is -2.10. The van der Waals surface area contributed by atoms with Crippen LogP contribution in [0.5, 0.6) is 0 Å². The van der Waals surface area contributed by atoms with Crippen LogP contribution in [0.3, 0.4) is 0 Å². The van der Waals surface area contributed by atoms with Gasteiger partial charge in [-0.2, -0.15) is 10.1 Å². The molecule has 7 heteroatoms. The molecule has 1 heterocycles. The zero-order valence-electron chi connectivity index (χ0n) is 10.4. The minimum absolute atomic E-state index is 0.449. The standard InChI is InChI=1S/C12H14BrN5O/c1-19-7-6-14-11-8-15-18-12(17-11)16-10-4-2-9(13)3-5-10/h2-5,8H,6-7H2,1H3,(H2,14,16,17,18). The van der Waals surface area contributed by atoms with Crippen LogP contribution in [0.2, 0.25) is 0 Å². The van der Waals surface area contributed by atoms with Crippen molar-refractivity contribution in [3.05, 3.63) is 34.9 Å². The highest BCUT2D eigenvalue weighted by Crippen LogP contribution is 2.17. The van der Waals surface area contributed by atoms with Gasteiger partial charge >= 0.3 is 0 Å². The Morgan fingerprint density at radius 2 is 2.05 bits per heavy atom. The topological polar surface area (TPSA) is 72.0 Å². The fourth-order valence-corrected chi connectivity index (χ4v) is 1.65. The Labute approximate surface area is 119 Å². The summed E-state index contributed by atoms with van der Waals surface area (Å²) < 4.78 is 5.97. The maximum absolute atomic E-state index is 4.95. The van der Waals surface area contributed by atoms with Crippen LogP contribution in [0.15, 0.2) is 34.9 Å². The van der Waals surface area contributed by atoms with E-state index in [0.29, 0.717) is 24.9 Å². The molecule has 0 spiro atoms. The normalized spacial score (nSPS) is 10.2. The number of anilines is 3. The summed E-state index contributed by atoms with van der Waals surface area (Å²) >= 11 is 3.38. The van der Waals surface area contributed by atoms with E-state index in [0.717, 1.165) is 10.2 Å². The molecule has 0 aliphatic heterocycles. The molecular formula is C12H14BrN5O. The van der Waals surface area contributed by atoms with Crippen LogP contribution in [0, 0.1) is 0 Å². The van der Waals surface area contributed by atoms with Crippen molar-refractivity contribution in [2.75, 3.05) is 30.9 Å². The summed E-state index contributed by atoms with van der Waals surface area (Å²) in [7, 11) is 1.65. The summed E-state index contributed by atoms with van der Waals surface area (Å²) in [6.07, 6.45) is 1.57. The third-order valence-electron chi connectivity index (χ3n) is 2.27. The van der Waals surface area contributed by atoms with Crippen LogP contribution in [-0.2, 0) is 4.74 Å². The summed E-state index contributed by atoms with van der Waals surface area (Å²) in [5, 5.41) is 14.0. The largest absolute Gasteiger partial charge is 0.383 e. The van der Waals surface area contributed by atoms with Gasteiger partial charge in [0, 0.05) is 23.8 Å². The zero-order valence-corrected chi connectivity index (χ0v) is 12.0. The van der Waals surface area contributed by atoms with E-state index in [-0.39, 0.29) is 0 Å². The zero-order chi connectivity index (χ0) is 13.5. The van der Waals surface area contributed by atoms with E-state index in [1.165, 1.54) is 0 Å². The van der Waals surface area contributed by atoms with Gasteiger partial charge in [0.1, 0.15) is 0 Å². The smallest absolute Gasteiger partial charge is 0.249 e. The van der Waals surface area contributed by atoms with Gasteiger partial charge in [0.05, 0.1) is 12.8 Å². The molecular weight excluding hydrogens is 310 g/mol. The van der Waals surface area contributed by atoms with Gasteiger partial charge in [-0.05, 0) is 24.3 Å². The molecule has 0 unspecified atom stereocenters. The number of methoxy groups -OCH3 is 1. The molecule has 1 aromatic heterocycles. The maximum atomic E-state index is 4.95. The van der Waals surface area contributed by atoms with E-state index in [1.807, 2.05) is 24.3 Å². The number of nitrogens with zero attached hydrogens (tertiary/aromatic N) is 3. The molecule has 19 heavy (non-hydrogen) atoms. The summed E-state index contributed by atoms with van der Waals surface area (Å²) in [6.45, 7) is 1.28. The lowest BCUT2D eigenvalue weighted by molar-refractivity contribution is 0.210. The minimum atomic E-state index is 0.449. The molecule has 2 aromatic rings. The van der Waals surface area contributed by atoms with Crippen molar-refractivity contribution in [1.82, 2.24) is 15.2 Å². The minimum Gasteiger partial charge on any atom is -0.383 e. The van der Waals surface area contributed by atoms with Gasteiger partial charge in [0.15, 0.2) is 5.82 Å². The van der Waals surface area contributed by atoms with Gasteiger partial charge in [0.25, 0.3) is 0 Å². The Morgan fingerprint density at radius 3 is 2.79 bits per heavy atom. The number of benzene rings is 1. The van der Waals surface area contributed by atoms with E-state index in [9.17, 15) is 0 Å². The molecule has 0 amide bonds. The number of rotatable bonds is 6. The van der Waals surface area contributed by atoms with Crippen LogP contribution in [0.1, 0.15) is 0 Å². The van der Waals surface area contributed by atoms with Gasteiger partial charge in [-0.25, -0.2) is 0 Å². The SMILES string of the molecule is COCCNc1cnnc(Nc2ccc(Br)cc2)n1. The van der Waals surface area contributed by atoms with Crippen molar-refractivity contribution in [3.8, 4) is 0 Å². The average molecular weight is 324 g/mol. The molecule has 0 atom stereocenters. The number of hydrogen-bond acceptors (Lipinski definition) is 6. The lowest BCUT2D eigenvalue weighted by atomic mass is 10.3. The van der Waals surface area contributed by atoms with E-state index in [2.05, 4.69) is 41.7 Å². The third kappa shape index (κ3) is 4.46. The van der Waals surface area contributed by atoms with Gasteiger partial charge in [-0.1, -0.05) is 15.9 Å². The molecule has 0 saturated carbocycles. The number of aromatic nitrogens is 3. The Bertz CT molecular complexity index is 520. The molecule has 1 aromatic carbocycles. The summed E-state index contributed by atoms with van der Waals surface area (Å²) in [4.78, 5) is 4.30. The van der Waals surface area contributed by atoms with E-state index < -0.39 is 0 Å². The number of ether oxygens (including phenoxy) is 1. The second-order valence-corrected chi connectivity index (χ2v) is 4.63. The number of hydrogen-bond donors (Lipinski definition) is 2. The molecule has 0 aliphatic rings. The highest BCUT2D eigenvalue weighted by molar-refractivity contribution is 9.10. The molecule has 0 saturated heterocycles. The quantitative estimate of drug-likeness (QED) is 0.795. The fourth-order valence-electron chi connectivity index (χ4n) is 1.39. The molecule has 0 aliphatic carbocycles. The van der Waals surface area contributed by atoms with Crippen LogP contribution < -0.4 is 10.6 Å². The predicted octanol–water partition coefficient (Wildman–Crippen LogP) is 2.44. The van der Waals surface area contributed by atoms with Crippen LogP contribution in [0.25, 0.3) is 0 Å². The first kappa shape index (κ1) is 13.7. The Kier molecular flexibility index (Phi) is 5.05. The second-order valence-electron chi connectivity index (χ2n) is 3.72. The fraction of sp³-hybridized carbons (Fsp3) is 0.250. The molecule has 0 bridgehead atoms.